The van der Waals surface area contributed by atoms with Crippen molar-refractivity contribution in [2.24, 2.45) is 5.73 Å². The summed E-state index contributed by atoms with van der Waals surface area (Å²) in [6.07, 6.45) is 1.87. The molecule has 18 heavy (non-hydrogen) atoms. The number of nitrogens with two attached hydrogens (primary N) is 1. The van der Waals surface area contributed by atoms with Crippen LogP contribution in [0.5, 0.6) is 0 Å². The molecule has 1 aromatic rings. The fourth-order valence-electron chi connectivity index (χ4n) is 2.56. The van der Waals surface area contributed by atoms with Gasteiger partial charge in [0, 0.05) is 37.9 Å². The molecule has 0 bridgehead atoms. The monoisotopic (exact) mass is 248 g/mol. The average molecular weight is 248 g/mol. The van der Waals surface area contributed by atoms with Crippen molar-refractivity contribution in [3.8, 4) is 0 Å². The average Bonchev–Trinajstić information content (AvgIpc) is 2.38. The van der Waals surface area contributed by atoms with E-state index in [1.54, 1.807) is 0 Å². The Hall–Kier alpha value is -1.13. The van der Waals surface area contributed by atoms with Gasteiger partial charge in [-0.05, 0) is 38.1 Å². The van der Waals surface area contributed by atoms with Crippen molar-refractivity contribution in [1.29, 1.82) is 0 Å². The van der Waals surface area contributed by atoms with Gasteiger partial charge >= 0.3 is 0 Å². The molecule has 0 amide bonds. The van der Waals surface area contributed by atoms with Crippen LogP contribution in [0, 0.1) is 0 Å². The highest BCUT2D eigenvalue weighted by Gasteiger charge is 2.23. The van der Waals surface area contributed by atoms with E-state index in [-0.39, 0.29) is 6.04 Å². The Morgan fingerprint density at radius 1 is 1.50 bits per heavy atom. The maximum absolute atomic E-state index is 5.93. The normalized spacial score (nSPS) is 23.1. The number of anilines is 1. The first kappa shape index (κ1) is 13.3. The van der Waals surface area contributed by atoms with Gasteiger partial charge in [-0.15, -0.1) is 0 Å². The van der Waals surface area contributed by atoms with Gasteiger partial charge in [0.15, 0.2) is 0 Å². The third kappa shape index (κ3) is 2.82. The van der Waals surface area contributed by atoms with Gasteiger partial charge in [0.05, 0.1) is 0 Å². The molecule has 0 aromatic carbocycles. The molecular weight excluding hydrogens is 224 g/mol. The Labute approximate surface area is 110 Å². The second kappa shape index (κ2) is 5.67. The number of hydrogen-bond donors (Lipinski definition) is 1. The highest BCUT2D eigenvalue weighted by atomic mass is 15.3. The molecule has 1 saturated heterocycles. The number of aromatic nitrogens is 1. The first-order chi connectivity index (χ1) is 8.61. The van der Waals surface area contributed by atoms with Crippen LogP contribution in [0.1, 0.15) is 32.4 Å². The van der Waals surface area contributed by atoms with Crippen molar-refractivity contribution in [3.63, 3.8) is 0 Å². The summed E-state index contributed by atoms with van der Waals surface area (Å²) in [7, 11) is 0. The molecule has 4 nitrogen and oxygen atoms in total. The lowest BCUT2D eigenvalue weighted by molar-refractivity contribution is 0.199. The largest absolute Gasteiger partial charge is 0.354 e. The topological polar surface area (TPSA) is 45.4 Å². The summed E-state index contributed by atoms with van der Waals surface area (Å²) in [5.74, 6) is 1.06. The molecule has 1 aliphatic rings. The van der Waals surface area contributed by atoms with Crippen LogP contribution in [0.15, 0.2) is 18.3 Å². The lowest BCUT2D eigenvalue weighted by atomic mass is 10.1. The molecule has 0 aliphatic carbocycles. The summed E-state index contributed by atoms with van der Waals surface area (Å²) >= 11 is 0. The zero-order chi connectivity index (χ0) is 13.1. The van der Waals surface area contributed by atoms with Crippen molar-refractivity contribution in [2.75, 3.05) is 31.1 Å². The number of likely N-dealkylation sites (N-methyl/N-ethyl adjacent to an activating group) is 1. The van der Waals surface area contributed by atoms with Crippen LogP contribution in [0.2, 0.25) is 0 Å². The molecule has 0 spiro atoms. The van der Waals surface area contributed by atoms with Crippen molar-refractivity contribution in [1.82, 2.24) is 9.88 Å². The molecule has 1 fully saturated rings. The van der Waals surface area contributed by atoms with Crippen LogP contribution in [0.4, 0.5) is 5.82 Å². The van der Waals surface area contributed by atoms with Crippen LogP contribution in [-0.2, 0) is 0 Å². The summed E-state index contributed by atoms with van der Waals surface area (Å²) < 4.78 is 0. The van der Waals surface area contributed by atoms with Crippen molar-refractivity contribution in [3.05, 3.63) is 23.9 Å². The van der Waals surface area contributed by atoms with E-state index >= 15 is 0 Å². The number of hydrogen-bond acceptors (Lipinski definition) is 4. The summed E-state index contributed by atoms with van der Waals surface area (Å²) in [5.41, 5.74) is 7.09. The zero-order valence-electron chi connectivity index (χ0n) is 11.6. The lowest BCUT2D eigenvalue weighted by Crippen LogP contribution is -2.52. The van der Waals surface area contributed by atoms with Crippen LogP contribution in [0.25, 0.3) is 0 Å². The van der Waals surface area contributed by atoms with E-state index in [4.69, 9.17) is 5.73 Å². The van der Waals surface area contributed by atoms with Crippen molar-refractivity contribution >= 4 is 5.82 Å². The fourth-order valence-corrected chi connectivity index (χ4v) is 2.56. The standard InChI is InChI=1S/C14H24N4/c1-4-17-7-8-18(10-11(17)2)14-9-13(12(3)15)5-6-16-14/h5-6,9,11-12H,4,7-8,10,15H2,1-3H3/t11?,12-/m0/s1. The van der Waals surface area contributed by atoms with E-state index < -0.39 is 0 Å². The molecule has 1 aliphatic heterocycles. The molecule has 2 heterocycles. The van der Waals surface area contributed by atoms with E-state index in [1.165, 1.54) is 0 Å². The van der Waals surface area contributed by atoms with E-state index in [0.29, 0.717) is 6.04 Å². The van der Waals surface area contributed by atoms with E-state index in [0.717, 1.165) is 37.6 Å². The van der Waals surface area contributed by atoms with E-state index in [9.17, 15) is 0 Å². The van der Waals surface area contributed by atoms with Gasteiger partial charge in [-0.3, -0.25) is 4.90 Å². The summed E-state index contributed by atoms with van der Waals surface area (Å²) in [6.45, 7) is 10.9. The molecule has 2 N–H and O–H groups in total. The first-order valence-electron chi connectivity index (χ1n) is 6.82. The second-order valence-corrected chi connectivity index (χ2v) is 5.16. The Balaban J connectivity index is 2.10. The highest BCUT2D eigenvalue weighted by Crippen LogP contribution is 2.20. The molecule has 0 radical (unpaired) electrons. The third-order valence-corrected chi connectivity index (χ3v) is 3.79. The number of piperazine rings is 1. The van der Waals surface area contributed by atoms with E-state index in [2.05, 4.69) is 34.7 Å². The Kier molecular flexibility index (Phi) is 4.19. The van der Waals surface area contributed by atoms with Crippen LogP contribution < -0.4 is 10.6 Å². The summed E-state index contributed by atoms with van der Waals surface area (Å²) in [5, 5.41) is 0. The maximum atomic E-state index is 5.93. The minimum atomic E-state index is 0.0705. The molecular formula is C14H24N4. The van der Waals surface area contributed by atoms with Gasteiger partial charge in [0.25, 0.3) is 0 Å². The fraction of sp³-hybridized carbons (Fsp3) is 0.643. The van der Waals surface area contributed by atoms with Crippen LogP contribution >= 0.6 is 0 Å². The Bertz CT molecular complexity index is 391. The minimum absolute atomic E-state index is 0.0705. The Morgan fingerprint density at radius 3 is 2.89 bits per heavy atom. The van der Waals surface area contributed by atoms with Crippen molar-refractivity contribution in [2.45, 2.75) is 32.9 Å². The molecule has 2 rings (SSSR count). The van der Waals surface area contributed by atoms with Crippen LogP contribution in [-0.4, -0.2) is 42.1 Å². The van der Waals surface area contributed by atoms with Gasteiger partial charge in [-0.1, -0.05) is 6.92 Å². The molecule has 100 valence electrons. The van der Waals surface area contributed by atoms with E-state index in [1.807, 2.05) is 19.2 Å². The quantitative estimate of drug-likeness (QED) is 0.883. The predicted molar refractivity (Wildman–Crippen MR) is 75.8 cm³/mol. The number of pyridine rings is 1. The van der Waals surface area contributed by atoms with Gasteiger partial charge in [0.1, 0.15) is 5.82 Å². The highest BCUT2D eigenvalue weighted by molar-refractivity contribution is 5.42. The maximum Gasteiger partial charge on any atom is 0.128 e. The first-order valence-corrected chi connectivity index (χ1v) is 6.82. The van der Waals surface area contributed by atoms with Gasteiger partial charge in [0.2, 0.25) is 0 Å². The summed E-state index contributed by atoms with van der Waals surface area (Å²) in [4.78, 5) is 9.35. The van der Waals surface area contributed by atoms with Crippen LogP contribution in [0.3, 0.4) is 0 Å². The smallest absolute Gasteiger partial charge is 0.128 e. The van der Waals surface area contributed by atoms with Crippen molar-refractivity contribution < 1.29 is 0 Å². The second-order valence-electron chi connectivity index (χ2n) is 5.16. The molecule has 1 aromatic heterocycles. The third-order valence-electron chi connectivity index (χ3n) is 3.79. The molecule has 0 saturated carbocycles. The molecule has 1 unspecified atom stereocenters. The number of nitrogens with zero attached hydrogens (tertiary/aromatic N) is 3. The Morgan fingerprint density at radius 2 is 2.28 bits per heavy atom. The van der Waals surface area contributed by atoms with Gasteiger partial charge in [-0.2, -0.15) is 0 Å². The number of rotatable bonds is 3. The SMILES string of the molecule is CCN1CCN(c2cc([C@H](C)N)ccn2)CC1C. The molecule has 4 heteroatoms. The zero-order valence-corrected chi connectivity index (χ0v) is 11.6. The minimum Gasteiger partial charge on any atom is -0.354 e. The molecule has 2 atom stereocenters. The predicted octanol–water partition coefficient (Wildman–Crippen LogP) is 1.63. The van der Waals surface area contributed by atoms with Gasteiger partial charge < -0.3 is 10.6 Å². The lowest BCUT2D eigenvalue weighted by Gasteiger charge is -2.40. The van der Waals surface area contributed by atoms with Gasteiger partial charge in [-0.25, -0.2) is 4.98 Å². The summed E-state index contributed by atoms with van der Waals surface area (Å²) in [6, 6.07) is 4.78.